The number of fused-ring (bicyclic) bond motifs is 4. The maximum Gasteiger partial charge on any atom is 0.272 e. The predicted molar refractivity (Wildman–Crippen MR) is 100 cm³/mol. The molecule has 134 valence electrons. The molecule has 0 saturated carbocycles. The van der Waals surface area contributed by atoms with E-state index in [1.165, 1.54) is 25.9 Å². The van der Waals surface area contributed by atoms with Gasteiger partial charge in [-0.3, -0.25) is 9.89 Å². The highest BCUT2D eigenvalue weighted by Crippen LogP contribution is 2.35. The van der Waals surface area contributed by atoms with E-state index >= 15 is 0 Å². The zero-order valence-electron chi connectivity index (χ0n) is 14.6. The van der Waals surface area contributed by atoms with Gasteiger partial charge in [-0.15, -0.1) is 0 Å². The van der Waals surface area contributed by atoms with Gasteiger partial charge in [-0.1, -0.05) is 0 Å². The molecule has 3 saturated heterocycles. The second-order valence-electron chi connectivity index (χ2n) is 6.87. The Hall–Kier alpha value is -1.60. The molecule has 1 N–H and O–H groups in total. The van der Waals surface area contributed by atoms with E-state index in [0.717, 1.165) is 21.9 Å². The number of likely N-dealkylation sites (N-methyl/N-ethyl adjacent to an activating group) is 1. The van der Waals surface area contributed by atoms with Crippen LogP contribution < -0.4 is 4.74 Å². The molecule has 3 aliphatic heterocycles. The molecule has 0 unspecified atom stereocenters. The van der Waals surface area contributed by atoms with Crippen LogP contribution in [-0.2, 0) is 0 Å². The molecule has 0 aliphatic carbocycles. The standard InChI is InChI=1S/C18H23BrN4O2/c1-3-23(13-10-22-8-6-11(13)7-9-22)18(24)17-12-4-5-14(25-2)15(19)16(12)20-21-17/h4-5,11,13H,3,6-10H2,1-2H3,(H,20,21)/t13-/m1/s1. The summed E-state index contributed by atoms with van der Waals surface area (Å²) in [6.07, 6.45) is 2.39. The van der Waals surface area contributed by atoms with Crippen molar-refractivity contribution in [1.29, 1.82) is 0 Å². The van der Waals surface area contributed by atoms with Crippen molar-refractivity contribution < 1.29 is 9.53 Å². The Morgan fingerprint density at radius 1 is 1.44 bits per heavy atom. The van der Waals surface area contributed by atoms with Gasteiger partial charge >= 0.3 is 0 Å². The van der Waals surface area contributed by atoms with Crippen molar-refractivity contribution in [3.05, 3.63) is 22.3 Å². The Labute approximate surface area is 155 Å². The van der Waals surface area contributed by atoms with Gasteiger partial charge in [-0.05, 0) is 66.8 Å². The highest BCUT2D eigenvalue weighted by Gasteiger charge is 2.39. The fourth-order valence-electron chi connectivity index (χ4n) is 4.31. The Morgan fingerprint density at radius 3 is 2.80 bits per heavy atom. The van der Waals surface area contributed by atoms with Gasteiger partial charge in [0, 0.05) is 24.5 Å². The van der Waals surface area contributed by atoms with Crippen LogP contribution in [0.5, 0.6) is 5.75 Å². The van der Waals surface area contributed by atoms with Crippen LogP contribution >= 0.6 is 15.9 Å². The summed E-state index contributed by atoms with van der Waals surface area (Å²) in [7, 11) is 1.62. The van der Waals surface area contributed by atoms with Crippen LogP contribution in [0.2, 0.25) is 0 Å². The summed E-state index contributed by atoms with van der Waals surface area (Å²) in [5.74, 6) is 1.37. The normalized spacial score (nSPS) is 25.3. The number of halogens is 1. The van der Waals surface area contributed by atoms with Crippen molar-refractivity contribution >= 4 is 32.7 Å². The van der Waals surface area contributed by atoms with E-state index in [1.54, 1.807) is 7.11 Å². The number of amides is 1. The summed E-state index contributed by atoms with van der Waals surface area (Å²) in [5.41, 5.74) is 1.30. The van der Waals surface area contributed by atoms with E-state index < -0.39 is 0 Å². The Kier molecular flexibility index (Phi) is 4.45. The lowest BCUT2D eigenvalue weighted by molar-refractivity contribution is 0.00901. The maximum absolute atomic E-state index is 13.3. The van der Waals surface area contributed by atoms with Gasteiger partial charge in [0.1, 0.15) is 17.0 Å². The summed E-state index contributed by atoms with van der Waals surface area (Å²) < 4.78 is 6.09. The van der Waals surface area contributed by atoms with Gasteiger partial charge in [0.2, 0.25) is 0 Å². The number of nitrogens with one attached hydrogen (secondary N) is 1. The van der Waals surface area contributed by atoms with Gasteiger partial charge in [0.15, 0.2) is 0 Å². The number of H-pyrrole nitrogens is 1. The van der Waals surface area contributed by atoms with Gasteiger partial charge in [0.25, 0.3) is 5.91 Å². The van der Waals surface area contributed by atoms with Crippen LogP contribution in [0.15, 0.2) is 16.6 Å². The lowest BCUT2D eigenvalue weighted by Gasteiger charge is -2.48. The fourth-order valence-corrected chi connectivity index (χ4v) is 4.91. The number of aromatic nitrogens is 2. The van der Waals surface area contributed by atoms with E-state index in [1.807, 2.05) is 17.0 Å². The number of hydrogen-bond acceptors (Lipinski definition) is 4. The first-order valence-corrected chi connectivity index (χ1v) is 9.67. The van der Waals surface area contributed by atoms with Crippen molar-refractivity contribution in [3.63, 3.8) is 0 Å². The molecule has 0 spiro atoms. The number of ether oxygens (including phenoxy) is 1. The molecule has 4 heterocycles. The van der Waals surface area contributed by atoms with Crippen LogP contribution in [0.4, 0.5) is 0 Å². The third kappa shape index (κ3) is 2.73. The molecule has 1 aromatic carbocycles. The number of nitrogens with zero attached hydrogens (tertiary/aromatic N) is 3. The molecule has 2 aromatic rings. The minimum atomic E-state index is 0.0424. The monoisotopic (exact) mass is 406 g/mol. The molecular weight excluding hydrogens is 384 g/mol. The molecule has 2 bridgehead atoms. The summed E-state index contributed by atoms with van der Waals surface area (Å²) >= 11 is 3.52. The second-order valence-corrected chi connectivity index (χ2v) is 7.67. The minimum absolute atomic E-state index is 0.0424. The predicted octanol–water partition coefficient (Wildman–Crippen LogP) is 2.89. The average molecular weight is 407 g/mol. The zero-order valence-corrected chi connectivity index (χ0v) is 16.2. The Balaban J connectivity index is 1.67. The van der Waals surface area contributed by atoms with Gasteiger partial charge in [0.05, 0.1) is 11.6 Å². The van der Waals surface area contributed by atoms with Crippen LogP contribution in [0.25, 0.3) is 10.9 Å². The zero-order chi connectivity index (χ0) is 17.6. The molecule has 25 heavy (non-hydrogen) atoms. The van der Waals surface area contributed by atoms with Crippen LogP contribution in [0, 0.1) is 5.92 Å². The quantitative estimate of drug-likeness (QED) is 0.847. The van der Waals surface area contributed by atoms with E-state index in [4.69, 9.17) is 4.74 Å². The van der Waals surface area contributed by atoms with Crippen LogP contribution in [0.3, 0.4) is 0 Å². The van der Waals surface area contributed by atoms with Gasteiger partial charge in [-0.25, -0.2) is 0 Å². The smallest absolute Gasteiger partial charge is 0.272 e. The van der Waals surface area contributed by atoms with Crippen molar-refractivity contribution in [2.75, 3.05) is 33.3 Å². The first-order valence-electron chi connectivity index (χ1n) is 8.88. The Bertz CT molecular complexity index is 798. The largest absolute Gasteiger partial charge is 0.495 e. The van der Waals surface area contributed by atoms with Gasteiger partial charge in [-0.2, -0.15) is 5.10 Å². The van der Waals surface area contributed by atoms with Gasteiger partial charge < -0.3 is 14.5 Å². The van der Waals surface area contributed by atoms with E-state index in [0.29, 0.717) is 29.9 Å². The lowest BCUT2D eigenvalue weighted by atomic mass is 9.83. The topological polar surface area (TPSA) is 61.5 Å². The molecule has 5 rings (SSSR count). The third-order valence-corrected chi connectivity index (χ3v) is 6.45. The molecule has 3 aliphatic rings. The fraction of sp³-hybridized carbons (Fsp3) is 0.556. The summed E-state index contributed by atoms with van der Waals surface area (Å²) in [6, 6.07) is 4.07. The maximum atomic E-state index is 13.3. The minimum Gasteiger partial charge on any atom is -0.495 e. The van der Waals surface area contributed by atoms with Crippen molar-refractivity contribution in [1.82, 2.24) is 20.0 Å². The van der Waals surface area contributed by atoms with Crippen molar-refractivity contribution in [3.8, 4) is 5.75 Å². The molecule has 1 atom stereocenters. The van der Waals surface area contributed by atoms with E-state index in [9.17, 15) is 4.79 Å². The first-order chi connectivity index (χ1) is 12.1. The number of methoxy groups -OCH3 is 1. The average Bonchev–Trinajstić information content (AvgIpc) is 3.08. The highest BCUT2D eigenvalue weighted by molar-refractivity contribution is 9.10. The second kappa shape index (κ2) is 6.61. The highest BCUT2D eigenvalue weighted by atomic mass is 79.9. The van der Waals surface area contributed by atoms with Crippen LogP contribution in [0.1, 0.15) is 30.3 Å². The molecule has 0 radical (unpaired) electrons. The third-order valence-electron chi connectivity index (χ3n) is 5.69. The number of hydrogen-bond donors (Lipinski definition) is 1. The molecule has 3 fully saturated rings. The summed E-state index contributed by atoms with van der Waals surface area (Å²) in [4.78, 5) is 17.8. The number of carbonyl (C=O) groups excluding carboxylic acids is 1. The van der Waals surface area contributed by atoms with Crippen molar-refractivity contribution in [2.24, 2.45) is 5.92 Å². The first kappa shape index (κ1) is 16.8. The lowest BCUT2D eigenvalue weighted by Crippen LogP contribution is -2.58. The molecule has 1 aromatic heterocycles. The number of piperidine rings is 3. The summed E-state index contributed by atoms with van der Waals surface area (Å²) in [5, 5.41) is 8.14. The molecule has 6 nitrogen and oxygen atoms in total. The van der Waals surface area contributed by atoms with E-state index in [-0.39, 0.29) is 5.91 Å². The number of rotatable bonds is 4. The molecular formula is C18H23BrN4O2. The summed E-state index contributed by atoms with van der Waals surface area (Å²) in [6.45, 7) is 6.12. The SMILES string of the molecule is CCN(C(=O)c1[nH]nc2c(Br)c(OC)ccc12)[C@@H]1CN2CCC1CC2. The number of aromatic amines is 1. The molecule has 7 heteroatoms. The van der Waals surface area contributed by atoms with Crippen LogP contribution in [-0.4, -0.2) is 65.2 Å². The number of carbonyl (C=O) groups is 1. The Morgan fingerprint density at radius 2 is 2.20 bits per heavy atom. The van der Waals surface area contributed by atoms with Crippen molar-refractivity contribution in [2.45, 2.75) is 25.8 Å². The van der Waals surface area contributed by atoms with E-state index in [2.05, 4.69) is 38.0 Å². The molecule has 1 amide bonds. The number of benzene rings is 1.